The number of benzene rings is 2. The van der Waals surface area contributed by atoms with Gasteiger partial charge in [0.25, 0.3) is 0 Å². The first-order valence-electron chi connectivity index (χ1n) is 8.97. The molecule has 2 aromatic carbocycles. The lowest BCUT2D eigenvalue weighted by molar-refractivity contribution is -0.116. The van der Waals surface area contributed by atoms with E-state index in [1.54, 1.807) is 16.3 Å². The maximum absolute atomic E-state index is 13.0. The van der Waals surface area contributed by atoms with Gasteiger partial charge in [-0.1, -0.05) is 17.7 Å². The van der Waals surface area contributed by atoms with Gasteiger partial charge in [0.2, 0.25) is 11.3 Å². The summed E-state index contributed by atoms with van der Waals surface area (Å²) in [5, 5.41) is 2.72. The minimum atomic E-state index is -0.372. The molecular weight excluding hydrogens is 391 g/mol. The Morgan fingerprint density at radius 2 is 1.83 bits per heavy atom. The number of rotatable bonds is 7. The van der Waals surface area contributed by atoms with Crippen molar-refractivity contribution in [2.45, 2.75) is 24.1 Å². The van der Waals surface area contributed by atoms with E-state index in [1.807, 2.05) is 31.2 Å². The van der Waals surface area contributed by atoms with Crippen LogP contribution in [0.15, 0.2) is 70.5 Å². The topological polar surface area (TPSA) is 60.3 Å². The summed E-state index contributed by atoms with van der Waals surface area (Å²) in [5.41, 5.74) is 2.14. The van der Waals surface area contributed by atoms with Crippen molar-refractivity contribution < 1.29 is 13.9 Å². The molecule has 0 bridgehead atoms. The normalized spacial score (nSPS) is 10.6. The van der Waals surface area contributed by atoms with Gasteiger partial charge >= 0.3 is 0 Å². The summed E-state index contributed by atoms with van der Waals surface area (Å²) in [6.07, 6.45) is 1.54. The Balaban J connectivity index is 1.77. The number of carbonyl (C=O) groups is 1. The molecule has 1 amide bonds. The Labute approximate surface area is 172 Å². The van der Waals surface area contributed by atoms with E-state index in [0.29, 0.717) is 17.1 Å². The number of hydrogen-bond donors (Lipinski definition) is 1. The van der Waals surface area contributed by atoms with E-state index in [4.69, 9.17) is 4.74 Å². The number of thioether (sulfide) groups is 1. The molecule has 0 saturated carbocycles. The van der Waals surface area contributed by atoms with Crippen LogP contribution in [0.1, 0.15) is 11.3 Å². The van der Waals surface area contributed by atoms with Gasteiger partial charge < -0.3 is 14.6 Å². The quantitative estimate of drug-likeness (QED) is 0.590. The van der Waals surface area contributed by atoms with E-state index in [1.165, 1.54) is 49.2 Å². The van der Waals surface area contributed by atoms with Crippen LogP contribution in [-0.2, 0) is 17.1 Å². The van der Waals surface area contributed by atoms with E-state index >= 15 is 0 Å². The van der Waals surface area contributed by atoms with Crippen LogP contribution in [0.25, 0.3) is 0 Å². The zero-order valence-electron chi connectivity index (χ0n) is 16.1. The number of aryl methyl sites for hydroxylation is 1. The molecule has 0 unspecified atom stereocenters. The highest BCUT2D eigenvalue weighted by atomic mass is 32.2. The number of carbonyl (C=O) groups excluding carboxylic acids is 1. The van der Waals surface area contributed by atoms with Crippen LogP contribution in [-0.4, -0.2) is 17.6 Å². The van der Waals surface area contributed by atoms with Crippen LogP contribution in [0.3, 0.4) is 0 Å². The number of hydrogen-bond acceptors (Lipinski definition) is 4. The van der Waals surface area contributed by atoms with Gasteiger partial charge in [-0.05, 0) is 43.3 Å². The number of ether oxygens (including phenoxy) is 1. The first-order valence-corrected chi connectivity index (χ1v) is 9.95. The number of anilines is 1. The highest BCUT2D eigenvalue weighted by Gasteiger charge is 2.12. The number of halogens is 1. The summed E-state index contributed by atoms with van der Waals surface area (Å²) < 4.78 is 19.8. The molecule has 5 nitrogen and oxygen atoms in total. The van der Waals surface area contributed by atoms with E-state index in [0.717, 1.165) is 4.90 Å². The molecule has 1 aromatic heterocycles. The number of aromatic nitrogens is 1. The van der Waals surface area contributed by atoms with Crippen molar-refractivity contribution >= 4 is 23.4 Å². The summed E-state index contributed by atoms with van der Waals surface area (Å²) in [5.74, 6) is 0.0303. The third-order valence-electron chi connectivity index (χ3n) is 4.25. The zero-order chi connectivity index (χ0) is 20.8. The Hall–Kier alpha value is -3.06. The van der Waals surface area contributed by atoms with E-state index in [-0.39, 0.29) is 29.4 Å². The fourth-order valence-electron chi connectivity index (χ4n) is 2.70. The van der Waals surface area contributed by atoms with Crippen molar-refractivity contribution in [2.24, 2.45) is 0 Å². The second-order valence-electron chi connectivity index (χ2n) is 6.48. The zero-order valence-corrected chi connectivity index (χ0v) is 17.0. The van der Waals surface area contributed by atoms with Crippen LogP contribution < -0.4 is 15.5 Å². The number of pyridine rings is 1. The Bertz CT molecular complexity index is 1050. The van der Waals surface area contributed by atoms with Crippen LogP contribution in [0, 0.1) is 12.7 Å². The Kier molecular flexibility index (Phi) is 6.72. The van der Waals surface area contributed by atoms with Crippen molar-refractivity contribution in [3.05, 3.63) is 88.1 Å². The maximum Gasteiger partial charge on any atom is 0.244 e. The molecule has 3 rings (SSSR count). The Morgan fingerprint density at radius 1 is 1.14 bits per heavy atom. The highest BCUT2D eigenvalue weighted by molar-refractivity contribution is 7.98. The van der Waals surface area contributed by atoms with Gasteiger partial charge in [-0.25, -0.2) is 4.39 Å². The lowest BCUT2D eigenvalue weighted by atomic mass is 10.2. The maximum atomic E-state index is 13.0. The lowest BCUT2D eigenvalue weighted by Crippen LogP contribution is -2.22. The fourth-order valence-corrected chi connectivity index (χ4v) is 3.59. The van der Waals surface area contributed by atoms with Gasteiger partial charge in [-0.3, -0.25) is 9.59 Å². The first kappa shape index (κ1) is 20.7. The molecule has 0 spiro atoms. The molecule has 3 aromatic rings. The fraction of sp³-hybridized carbons (Fsp3) is 0.182. The van der Waals surface area contributed by atoms with Gasteiger partial charge in [0.15, 0.2) is 5.75 Å². The molecule has 0 radical (unpaired) electrons. The largest absolute Gasteiger partial charge is 0.491 e. The summed E-state index contributed by atoms with van der Waals surface area (Å²) in [6, 6.07) is 15.1. The predicted molar refractivity (Wildman–Crippen MR) is 113 cm³/mol. The molecular formula is C22H21FN2O3S. The van der Waals surface area contributed by atoms with Crippen LogP contribution in [0.4, 0.5) is 10.1 Å². The molecule has 0 atom stereocenters. The minimum Gasteiger partial charge on any atom is -0.491 e. The number of nitrogens with zero attached hydrogens (tertiary/aromatic N) is 1. The van der Waals surface area contributed by atoms with Crippen molar-refractivity contribution in [2.75, 3.05) is 12.4 Å². The number of methoxy groups -OCH3 is 1. The number of nitrogens with one attached hydrogen (secondary N) is 1. The Morgan fingerprint density at radius 3 is 2.48 bits per heavy atom. The van der Waals surface area contributed by atoms with Gasteiger partial charge in [0.05, 0.1) is 13.3 Å². The average Bonchev–Trinajstić information content (AvgIpc) is 2.70. The lowest BCUT2D eigenvalue weighted by Gasteiger charge is -2.15. The molecule has 0 aliphatic carbocycles. The molecule has 150 valence electrons. The highest BCUT2D eigenvalue weighted by Crippen LogP contribution is 2.23. The summed E-state index contributed by atoms with van der Waals surface area (Å²) in [4.78, 5) is 25.7. The summed E-state index contributed by atoms with van der Waals surface area (Å²) in [6.45, 7) is 2.02. The van der Waals surface area contributed by atoms with Crippen molar-refractivity contribution in [1.29, 1.82) is 0 Å². The van der Waals surface area contributed by atoms with E-state index < -0.39 is 0 Å². The van der Waals surface area contributed by atoms with Crippen molar-refractivity contribution in [3.63, 3.8) is 0 Å². The SMILES string of the molecule is COc1cn(CC(=O)Nc2ccc(F)cc2)c(CSc2ccc(C)cc2)cc1=O. The van der Waals surface area contributed by atoms with Gasteiger partial charge in [-0.15, -0.1) is 11.8 Å². The molecule has 1 N–H and O–H groups in total. The molecule has 0 fully saturated rings. The van der Waals surface area contributed by atoms with E-state index in [2.05, 4.69) is 5.32 Å². The van der Waals surface area contributed by atoms with E-state index in [9.17, 15) is 14.0 Å². The molecule has 29 heavy (non-hydrogen) atoms. The van der Waals surface area contributed by atoms with Crippen molar-refractivity contribution in [3.8, 4) is 5.75 Å². The van der Waals surface area contributed by atoms with Crippen molar-refractivity contribution in [1.82, 2.24) is 4.57 Å². The van der Waals surface area contributed by atoms with Gasteiger partial charge in [-0.2, -0.15) is 0 Å². The monoisotopic (exact) mass is 412 g/mol. The van der Waals surface area contributed by atoms with Gasteiger partial charge in [0.1, 0.15) is 12.4 Å². The third kappa shape index (κ3) is 5.71. The average molecular weight is 412 g/mol. The second kappa shape index (κ2) is 9.43. The summed E-state index contributed by atoms with van der Waals surface area (Å²) >= 11 is 1.58. The molecule has 0 aliphatic rings. The van der Waals surface area contributed by atoms with Gasteiger partial charge in [0, 0.05) is 28.1 Å². The van der Waals surface area contributed by atoms with Crippen LogP contribution in [0.2, 0.25) is 0 Å². The molecule has 0 saturated heterocycles. The molecule has 1 heterocycles. The van der Waals surface area contributed by atoms with Crippen LogP contribution >= 0.6 is 11.8 Å². The molecule has 0 aliphatic heterocycles. The molecule has 7 heteroatoms. The first-order chi connectivity index (χ1) is 13.9. The second-order valence-corrected chi connectivity index (χ2v) is 7.53. The third-order valence-corrected chi connectivity index (χ3v) is 5.30. The predicted octanol–water partition coefficient (Wildman–Crippen LogP) is 4.24. The van der Waals surface area contributed by atoms with Crippen LogP contribution in [0.5, 0.6) is 5.75 Å². The minimum absolute atomic E-state index is 0.00218. The smallest absolute Gasteiger partial charge is 0.244 e. The number of amides is 1. The summed E-state index contributed by atoms with van der Waals surface area (Å²) in [7, 11) is 1.42. The standard InChI is InChI=1S/C22H21FN2O3S/c1-15-3-9-19(10-4-15)29-14-18-11-20(26)21(28-2)12-25(18)13-22(27)24-17-7-5-16(23)6-8-17/h3-12H,13-14H2,1-2H3,(H,24,27).